The normalized spacial score (nSPS) is 20.6. The minimum absolute atomic E-state index is 0.0213. The van der Waals surface area contributed by atoms with Gasteiger partial charge in [-0.3, -0.25) is 4.68 Å². The van der Waals surface area contributed by atoms with E-state index in [1.165, 1.54) is 44.1 Å². The van der Waals surface area contributed by atoms with Crippen molar-refractivity contribution >= 4 is 0 Å². The summed E-state index contributed by atoms with van der Waals surface area (Å²) in [5.41, 5.74) is 1.33. The lowest BCUT2D eigenvalue weighted by molar-refractivity contribution is -0.0529. The highest BCUT2D eigenvalue weighted by Gasteiger charge is 2.38. The van der Waals surface area contributed by atoms with Crippen molar-refractivity contribution in [2.45, 2.75) is 63.0 Å². The van der Waals surface area contributed by atoms with Crippen molar-refractivity contribution in [3.63, 3.8) is 0 Å². The molecule has 0 bridgehead atoms. The van der Waals surface area contributed by atoms with Crippen molar-refractivity contribution in [2.75, 3.05) is 14.2 Å². The monoisotopic (exact) mass is 279 g/mol. The highest BCUT2D eigenvalue weighted by atomic mass is 16.5. The number of hydrogen-bond acceptors (Lipinski definition) is 3. The van der Waals surface area contributed by atoms with E-state index >= 15 is 0 Å². The minimum atomic E-state index is 0.0213. The predicted molar refractivity (Wildman–Crippen MR) is 81.8 cm³/mol. The molecule has 2 rings (SSSR count). The summed E-state index contributed by atoms with van der Waals surface area (Å²) in [4.78, 5) is 0. The molecule has 1 atom stereocenters. The fourth-order valence-corrected chi connectivity index (χ4v) is 3.60. The summed E-state index contributed by atoms with van der Waals surface area (Å²) < 4.78 is 7.90. The Hall–Kier alpha value is -0.870. The van der Waals surface area contributed by atoms with Gasteiger partial charge in [-0.05, 0) is 38.3 Å². The van der Waals surface area contributed by atoms with Crippen LogP contribution < -0.4 is 5.32 Å². The first-order valence-corrected chi connectivity index (χ1v) is 7.90. The Morgan fingerprint density at radius 1 is 1.35 bits per heavy atom. The van der Waals surface area contributed by atoms with Gasteiger partial charge in [-0.1, -0.05) is 25.7 Å². The van der Waals surface area contributed by atoms with E-state index in [9.17, 15) is 0 Å². The first-order valence-electron chi connectivity index (χ1n) is 7.90. The molecule has 0 aromatic carbocycles. The molecule has 0 amide bonds. The van der Waals surface area contributed by atoms with Crippen LogP contribution in [0.5, 0.6) is 0 Å². The summed E-state index contributed by atoms with van der Waals surface area (Å²) in [7, 11) is 5.93. The zero-order chi connectivity index (χ0) is 14.4. The van der Waals surface area contributed by atoms with E-state index in [0.29, 0.717) is 6.04 Å². The average molecular weight is 279 g/mol. The molecule has 1 unspecified atom stereocenters. The molecule has 114 valence electrons. The molecule has 1 aliphatic carbocycles. The van der Waals surface area contributed by atoms with Crippen molar-refractivity contribution < 1.29 is 4.74 Å². The Kier molecular flexibility index (Phi) is 5.61. The third-order valence-corrected chi connectivity index (χ3v) is 4.82. The second-order valence-electron chi connectivity index (χ2n) is 6.09. The Balaban J connectivity index is 2.00. The molecular formula is C16H29N3O. The second-order valence-corrected chi connectivity index (χ2v) is 6.09. The van der Waals surface area contributed by atoms with Crippen LogP contribution in [-0.2, 0) is 18.2 Å². The molecule has 1 aliphatic rings. The van der Waals surface area contributed by atoms with E-state index in [-0.39, 0.29) is 5.60 Å². The Labute approximate surface area is 122 Å². The predicted octanol–water partition coefficient (Wildman–Crippen LogP) is 2.68. The summed E-state index contributed by atoms with van der Waals surface area (Å²) in [5, 5.41) is 7.77. The number of nitrogens with one attached hydrogen (secondary N) is 1. The zero-order valence-electron chi connectivity index (χ0n) is 13.2. The molecule has 0 spiro atoms. The van der Waals surface area contributed by atoms with Crippen molar-refractivity contribution in [3.05, 3.63) is 18.0 Å². The summed E-state index contributed by atoms with van der Waals surface area (Å²) in [6, 6.07) is 0.422. The van der Waals surface area contributed by atoms with Crippen LogP contribution in [0.1, 0.15) is 50.5 Å². The van der Waals surface area contributed by atoms with Crippen LogP contribution in [0.3, 0.4) is 0 Å². The van der Waals surface area contributed by atoms with Gasteiger partial charge in [-0.15, -0.1) is 0 Å². The van der Waals surface area contributed by atoms with Crippen LogP contribution in [0.15, 0.2) is 12.4 Å². The largest absolute Gasteiger partial charge is 0.377 e. The summed E-state index contributed by atoms with van der Waals surface area (Å²) in [6.45, 7) is 0. The van der Waals surface area contributed by atoms with Gasteiger partial charge in [-0.2, -0.15) is 5.10 Å². The van der Waals surface area contributed by atoms with E-state index in [2.05, 4.69) is 23.7 Å². The fraction of sp³-hybridized carbons (Fsp3) is 0.812. The SMILES string of the molecule is CNC(CCc1cnn(C)c1)C1(OC)CCCCCC1. The lowest BCUT2D eigenvalue weighted by Crippen LogP contribution is -2.51. The van der Waals surface area contributed by atoms with Crippen LogP contribution in [0.25, 0.3) is 0 Å². The van der Waals surface area contributed by atoms with Crippen molar-refractivity contribution in [3.8, 4) is 0 Å². The molecule has 1 aromatic rings. The van der Waals surface area contributed by atoms with Gasteiger partial charge in [0.05, 0.1) is 11.8 Å². The Morgan fingerprint density at radius 2 is 2.05 bits per heavy atom. The Bertz CT molecular complexity index is 394. The summed E-state index contributed by atoms with van der Waals surface area (Å²) >= 11 is 0. The molecule has 4 heteroatoms. The number of nitrogens with zero attached hydrogens (tertiary/aromatic N) is 2. The fourth-order valence-electron chi connectivity index (χ4n) is 3.60. The van der Waals surface area contributed by atoms with Gasteiger partial charge < -0.3 is 10.1 Å². The summed E-state index contributed by atoms with van der Waals surface area (Å²) in [6.07, 6.45) is 13.9. The quantitative estimate of drug-likeness (QED) is 0.814. The Morgan fingerprint density at radius 3 is 2.55 bits per heavy atom. The van der Waals surface area contributed by atoms with E-state index in [1.54, 1.807) is 0 Å². The maximum atomic E-state index is 6.02. The lowest BCUT2D eigenvalue weighted by Gasteiger charge is -2.39. The number of ether oxygens (including phenoxy) is 1. The molecule has 4 nitrogen and oxygen atoms in total. The standard InChI is InChI=1S/C16H29N3O/c1-17-15(9-8-14-12-18-19(2)13-14)16(20-3)10-6-4-5-7-11-16/h12-13,15,17H,4-11H2,1-3H3. The number of rotatable bonds is 6. The number of aryl methyl sites for hydroxylation is 2. The number of likely N-dealkylation sites (N-methyl/N-ethyl adjacent to an activating group) is 1. The van der Waals surface area contributed by atoms with Crippen molar-refractivity contribution in [1.29, 1.82) is 0 Å². The molecule has 0 aliphatic heterocycles. The van der Waals surface area contributed by atoms with Gasteiger partial charge >= 0.3 is 0 Å². The number of hydrogen-bond donors (Lipinski definition) is 1. The molecular weight excluding hydrogens is 250 g/mol. The second kappa shape index (κ2) is 7.23. The molecule has 1 saturated carbocycles. The lowest BCUT2D eigenvalue weighted by atomic mass is 9.83. The first kappa shape index (κ1) is 15.5. The highest BCUT2D eigenvalue weighted by molar-refractivity contribution is 5.05. The van der Waals surface area contributed by atoms with Gasteiger partial charge in [-0.25, -0.2) is 0 Å². The molecule has 1 fully saturated rings. The smallest absolute Gasteiger partial charge is 0.0830 e. The number of methoxy groups -OCH3 is 1. The molecule has 1 N–H and O–H groups in total. The minimum Gasteiger partial charge on any atom is -0.377 e. The third-order valence-electron chi connectivity index (χ3n) is 4.82. The molecule has 20 heavy (non-hydrogen) atoms. The van der Waals surface area contributed by atoms with Gasteiger partial charge in [0.1, 0.15) is 0 Å². The molecule has 0 radical (unpaired) electrons. The maximum absolute atomic E-state index is 6.02. The highest BCUT2D eigenvalue weighted by Crippen LogP contribution is 2.34. The van der Waals surface area contributed by atoms with E-state index in [1.807, 2.05) is 25.0 Å². The van der Waals surface area contributed by atoms with Crippen LogP contribution in [-0.4, -0.2) is 35.6 Å². The molecule has 1 aromatic heterocycles. The average Bonchev–Trinajstić information content (AvgIpc) is 2.74. The van der Waals surface area contributed by atoms with E-state index in [0.717, 1.165) is 12.8 Å². The van der Waals surface area contributed by atoms with Crippen molar-refractivity contribution in [1.82, 2.24) is 15.1 Å². The van der Waals surface area contributed by atoms with Gasteiger partial charge in [0.2, 0.25) is 0 Å². The molecule has 1 heterocycles. The van der Waals surface area contributed by atoms with E-state index in [4.69, 9.17) is 4.74 Å². The van der Waals surface area contributed by atoms with Crippen LogP contribution in [0, 0.1) is 0 Å². The topological polar surface area (TPSA) is 39.1 Å². The van der Waals surface area contributed by atoms with Gasteiger partial charge in [0.15, 0.2) is 0 Å². The zero-order valence-corrected chi connectivity index (χ0v) is 13.2. The van der Waals surface area contributed by atoms with Crippen molar-refractivity contribution in [2.24, 2.45) is 7.05 Å². The van der Waals surface area contributed by atoms with Crippen LogP contribution in [0.4, 0.5) is 0 Å². The third kappa shape index (κ3) is 3.61. The van der Waals surface area contributed by atoms with Gasteiger partial charge in [0, 0.05) is 26.4 Å². The molecule has 0 saturated heterocycles. The first-order chi connectivity index (χ1) is 9.70. The number of aromatic nitrogens is 2. The van der Waals surface area contributed by atoms with E-state index < -0.39 is 0 Å². The maximum Gasteiger partial charge on any atom is 0.0830 e. The van der Waals surface area contributed by atoms with Gasteiger partial charge in [0.25, 0.3) is 0 Å². The van der Waals surface area contributed by atoms with Crippen LogP contribution >= 0.6 is 0 Å². The van der Waals surface area contributed by atoms with Crippen LogP contribution in [0.2, 0.25) is 0 Å². The summed E-state index contributed by atoms with van der Waals surface area (Å²) in [5.74, 6) is 0.